The van der Waals surface area contributed by atoms with E-state index in [1.54, 1.807) is 12.4 Å². The minimum atomic E-state index is -0.366. The van der Waals surface area contributed by atoms with E-state index in [0.29, 0.717) is 16.5 Å². The fourth-order valence-electron chi connectivity index (χ4n) is 2.71. The van der Waals surface area contributed by atoms with Crippen molar-refractivity contribution in [2.45, 2.75) is 5.16 Å². The van der Waals surface area contributed by atoms with Gasteiger partial charge in [-0.15, -0.1) is 10.2 Å². The van der Waals surface area contributed by atoms with E-state index in [-0.39, 0.29) is 17.4 Å². The van der Waals surface area contributed by atoms with Gasteiger partial charge in [-0.3, -0.25) is 14.3 Å². The molecule has 0 spiro atoms. The lowest BCUT2D eigenvalue weighted by molar-refractivity contribution is 0.102. The first-order chi connectivity index (χ1) is 13.7. The molecular weight excluding hydrogens is 375 g/mol. The fourth-order valence-corrected chi connectivity index (χ4v) is 3.56. The number of carbonyl (C=O) groups excluding carboxylic acids is 1. The van der Waals surface area contributed by atoms with Crippen LogP contribution in [0.2, 0.25) is 0 Å². The van der Waals surface area contributed by atoms with Crippen molar-refractivity contribution in [2.24, 2.45) is 0 Å². The molecule has 28 heavy (non-hydrogen) atoms. The van der Waals surface area contributed by atoms with E-state index in [1.165, 1.54) is 36.0 Å². The molecule has 0 saturated carbocycles. The molecule has 0 aliphatic carbocycles. The van der Waals surface area contributed by atoms with Gasteiger partial charge in [-0.25, -0.2) is 4.39 Å². The van der Waals surface area contributed by atoms with Crippen LogP contribution >= 0.6 is 11.8 Å². The molecule has 0 unspecified atom stereocenters. The van der Waals surface area contributed by atoms with Crippen molar-refractivity contribution in [3.63, 3.8) is 0 Å². The first-order valence-corrected chi connectivity index (χ1v) is 9.54. The normalized spacial score (nSPS) is 10.8. The maximum Gasteiger partial charge on any atom is 0.196 e. The van der Waals surface area contributed by atoms with Gasteiger partial charge in [0.25, 0.3) is 0 Å². The Balaban J connectivity index is 1.65. The minimum Gasteiger partial charge on any atom is -0.293 e. The van der Waals surface area contributed by atoms with Crippen LogP contribution in [0.5, 0.6) is 0 Å². The third-order valence-electron chi connectivity index (χ3n) is 4.08. The van der Waals surface area contributed by atoms with Crippen molar-refractivity contribution in [1.29, 1.82) is 0 Å². The molecule has 0 N–H and O–H groups in total. The number of carbonyl (C=O) groups is 1. The maximum atomic E-state index is 13.1. The molecule has 0 saturated heterocycles. The smallest absolute Gasteiger partial charge is 0.196 e. The van der Waals surface area contributed by atoms with E-state index in [1.807, 2.05) is 47.0 Å². The van der Waals surface area contributed by atoms with Crippen LogP contribution in [0.25, 0.3) is 17.1 Å². The summed E-state index contributed by atoms with van der Waals surface area (Å²) in [6.07, 6.45) is 3.40. The molecule has 2 heterocycles. The molecule has 0 amide bonds. The molecule has 138 valence electrons. The summed E-state index contributed by atoms with van der Waals surface area (Å²) in [5.41, 5.74) is 2.24. The molecule has 2 aromatic heterocycles. The van der Waals surface area contributed by atoms with Crippen molar-refractivity contribution in [3.8, 4) is 17.1 Å². The van der Waals surface area contributed by atoms with Crippen LogP contribution in [-0.2, 0) is 0 Å². The summed E-state index contributed by atoms with van der Waals surface area (Å²) in [5, 5.41) is 9.23. The van der Waals surface area contributed by atoms with Crippen LogP contribution in [0.15, 0.2) is 84.3 Å². The number of hydrogen-bond acceptors (Lipinski definition) is 5. The first kappa shape index (κ1) is 18.1. The summed E-state index contributed by atoms with van der Waals surface area (Å²) in [7, 11) is 0. The second-order valence-corrected chi connectivity index (χ2v) is 6.87. The molecule has 7 heteroatoms. The average Bonchev–Trinajstić information content (AvgIpc) is 3.18. The molecule has 0 atom stereocenters. The Kier molecular flexibility index (Phi) is 5.25. The number of rotatable bonds is 6. The molecule has 0 radical (unpaired) electrons. The van der Waals surface area contributed by atoms with E-state index < -0.39 is 0 Å². The number of Topliss-reactive ketones (excluding diaryl/α,β-unsaturated/α-hetero) is 1. The molecular formula is C21H15FN4OS. The van der Waals surface area contributed by atoms with Gasteiger partial charge in [0.15, 0.2) is 16.8 Å². The Bertz CT molecular complexity index is 1080. The number of para-hydroxylation sites is 1. The van der Waals surface area contributed by atoms with Crippen LogP contribution in [0.1, 0.15) is 10.4 Å². The molecule has 4 rings (SSSR count). The van der Waals surface area contributed by atoms with Crippen LogP contribution in [0.4, 0.5) is 4.39 Å². The zero-order chi connectivity index (χ0) is 19.3. The summed E-state index contributed by atoms with van der Waals surface area (Å²) >= 11 is 1.29. The Morgan fingerprint density at radius 3 is 2.36 bits per heavy atom. The van der Waals surface area contributed by atoms with Crippen molar-refractivity contribution in [1.82, 2.24) is 19.7 Å². The highest BCUT2D eigenvalue weighted by Gasteiger charge is 2.17. The summed E-state index contributed by atoms with van der Waals surface area (Å²) in [6.45, 7) is 0. The standard InChI is InChI=1S/C21H15FN4OS/c22-17-8-6-15(7-9-17)19(27)14-28-21-25-24-20(16-10-12-23-13-11-16)26(21)18-4-2-1-3-5-18/h1-13H,14H2. The number of aromatic nitrogens is 4. The van der Waals surface area contributed by atoms with Crippen molar-refractivity contribution >= 4 is 17.5 Å². The number of thioether (sulfide) groups is 1. The van der Waals surface area contributed by atoms with Crippen LogP contribution in [0, 0.1) is 5.82 Å². The highest BCUT2D eigenvalue weighted by molar-refractivity contribution is 7.99. The first-order valence-electron chi connectivity index (χ1n) is 8.55. The van der Waals surface area contributed by atoms with E-state index in [4.69, 9.17) is 0 Å². The monoisotopic (exact) mass is 390 g/mol. The van der Waals surface area contributed by atoms with Gasteiger partial charge in [-0.05, 0) is 48.5 Å². The number of pyridine rings is 1. The van der Waals surface area contributed by atoms with Gasteiger partial charge < -0.3 is 0 Å². The zero-order valence-corrected chi connectivity index (χ0v) is 15.5. The predicted octanol–water partition coefficient (Wildman–Crippen LogP) is 4.44. The highest BCUT2D eigenvalue weighted by Crippen LogP contribution is 2.28. The summed E-state index contributed by atoms with van der Waals surface area (Å²) in [6, 6.07) is 19.0. The third kappa shape index (κ3) is 3.84. The van der Waals surface area contributed by atoms with Gasteiger partial charge in [-0.1, -0.05) is 30.0 Å². The largest absolute Gasteiger partial charge is 0.293 e. The molecule has 0 bridgehead atoms. The Morgan fingerprint density at radius 2 is 1.64 bits per heavy atom. The van der Waals surface area contributed by atoms with Gasteiger partial charge >= 0.3 is 0 Å². The maximum absolute atomic E-state index is 13.1. The van der Waals surface area contributed by atoms with E-state index in [2.05, 4.69) is 15.2 Å². The summed E-state index contributed by atoms with van der Waals surface area (Å²) in [4.78, 5) is 16.5. The fraction of sp³-hybridized carbons (Fsp3) is 0.0476. The third-order valence-corrected chi connectivity index (χ3v) is 5.01. The van der Waals surface area contributed by atoms with Crippen LogP contribution in [0.3, 0.4) is 0 Å². The molecule has 0 fully saturated rings. The Hall–Kier alpha value is -3.32. The number of ketones is 1. The molecule has 0 aliphatic heterocycles. The lowest BCUT2D eigenvalue weighted by Crippen LogP contribution is -2.05. The SMILES string of the molecule is O=C(CSc1nnc(-c2ccncc2)n1-c1ccccc1)c1ccc(F)cc1. The lowest BCUT2D eigenvalue weighted by Gasteiger charge is -2.10. The summed E-state index contributed by atoms with van der Waals surface area (Å²) < 4.78 is 15.0. The number of nitrogens with zero attached hydrogens (tertiary/aromatic N) is 4. The van der Waals surface area contributed by atoms with E-state index >= 15 is 0 Å². The second-order valence-electron chi connectivity index (χ2n) is 5.93. The van der Waals surface area contributed by atoms with Crippen LogP contribution in [-0.4, -0.2) is 31.3 Å². The van der Waals surface area contributed by atoms with Crippen molar-refractivity contribution in [3.05, 3.63) is 90.5 Å². The van der Waals surface area contributed by atoms with Gasteiger partial charge in [0.05, 0.1) is 5.75 Å². The molecule has 2 aromatic carbocycles. The summed E-state index contributed by atoms with van der Waals surface area (Å²) in [5.74, 6) is 0.380. The Labute approximate surface area is 165 Å². The number of hydrogen-bond donors (Lipinski definition) is 0. The number of halogens is 1. The number of benzene rings is 2. The lowest BCUT2D eigenvalue weighted by atomic mass is 10.1. The second kappa shape index (κ2) is 8.14. The predicted molar refractivity (Wildman–Crippen MR) is 106 cm³/mol. The Morgan fingerprint density at radius 1 is 0.929 bits per heavy atom. The highest BCUT2D eigenvalue weighted by atomic mass is 32.2. The molecule has 0 aliphatic rings. The van der Waals surface area contributed by atoms with Gasteiger partial charge in [-0.2, -0.15) is 0 Å². The minimum absolute atomic E-state index is 0.0990. The van der Waals surface area contributed by atoms with Crippen LogP contribution < -0.4 is 0 Å². The topological polar surface area (TPSA) is 60.7 Å². The quantitative estimate of drug-likeness (QED) is 0.360. The van der Waals surface area contributed by atoms with Gasteiger partial charge in [0.1, 0.15) is 5.82 Å². The van der Waals surface area contributed by atoms with Gasteiger partial charge in [0, 0.05) is 29.2 Å². The average molecular weight is 390 g/mol. The van der Waals surface area contributed by atoms with Gasteiger partial charge in [0.2, 0.25) is 0 Å². The van der Waals surface area contributed by atoms with Crippen molar-refractivity contribution < 1.29 is 9.18 Å². The molecule has 5 nitrogen and oxygen atoms in total. The van der Waals surface area contributed by atoms with E-state index in [9.17, 15) is 9.18 Å². The molecule has 4 aromatic rings. The van der Waals surface area contributed by atoms with E-state index in [0.717, 1.165) is 11.3 Å². The van der Waals surface area contributed by atoms with Crippen molar-refractivity contribution in [2.75, 3.05) is 5.75 Å². The zero-order valence-electron chi connectivity index (χ0n) is 14.7.